The smallest absolute Gasteiger partial charge is 0.256 e. The SMILES string of the molecule is Cc1cc(Br)cc([C@H]2NC(=O)c3c(sc4c3CC[C@H](C)C4)N2)c1O. The normalized spacial score (nSPS) is 22.4. The average molecular weight is 407 g/mol. The van der Waals surface area contributed by atoms with Crippen LogP contribution in [0.15, 0.2) is 16.6 Å². The van der Waals surface area contributed by atoms with Crippen LogP contribution in [0.4, 0.5) is 5.00 Å². The molecule has 2 atom stereocenters. The van der Waals surface area contributed by atoms with Crippen LogP contribution in [0, 0.1) is 12.8 Å². The Labute approximate surface area is 153 Å². The molecule has 1 aromatic heterocycles. The van der Waals surface area contributed by atoms with Crippen LogP contribution in [0.1, 0.15) is 51.4 Å². The third-order valence-corrected chi connectivity index (χ3v) is 6.54. The molecule has 0 unspecified atom stereocenters. The van der Waals surface area contributed by atoms with Crippen molar-refractivity contribution in [2.45, 2.75) is 39.3 Å². The zero-order valence-electron chi connectivity index (χ0n) is 13.6. The molecule has 0 saturated carbocycles. The van der Waals surface area contributed by atoms with Gasteiger partial charge in [-0.3, -0.25) is 4.79 Å². The van der Waals surface area contributed by atoms with Gasteiger partial charge in [-0.2, -0.15) is 0 Å². The Bertz CT molecular complexity index is 846. The number of hydrogen-bond acceptors (Lipinski definition) is 4. The summed E-state index contributed by atoms with van der Waals surface area (Å²) in [6, 6.07) is 3.71. The van der Waals surface area contributed by atoms with Crippen LogP contribution in [0.25, 0.3) is 0 Å². The van der Waals surface area contributed by atoms with Gasteiger partial charge in [0.1, 0.15) is 16.9 Å². The van der Waals surface area contributed by atoms with E-state index >= 15 is 0 Å². The van der Waals surface area contributed by atoms with Gasteiger partial charge in [-0.15, -0.1) is 11.3 Å². The van der Waals surface area contributed by atoms with E-state index in [4.69, 9.17) is 0 Å². The summed E-state index contributed by atoms with van der Waals surface area (Å²) in [5, 5.41) is 17.8. The minimum Gasteiger partial charge on any atom is -0.507 e. The molecule has 0 spiro atoms. The largest absolute Gasteiger partial charge is 0.507 e. The topological polar surface area (TPSA) is 61.4 Å². The molecule has 1 aliphatic heterocycles. The first-order valence-corrected chi connectivity index (χ1v) is 9.76. The molecular weight excluding hydrogens is 388 g/mol. The maximum Gasteiger partial charge on any atom is 0.256 e. The monoisotopic (exact) mass is 406 g/mol. The number of benzene rings is 1. The molecule has 2 aromatic rings. The maximum absolute atomic E-state index is 12.7. The van der Waals surface area contributed by atoms with Gasteiger partial charge < -0.3 is 15.7 Å². The first-order chi connectivity index (χ1) is 11.4. The molecule has 1 amide bonds. The van der Waals surface area contributed by atoms with Crippen molar-refractivity contribution in [3.8, 4) is 5.75 Å². The Kier molecular flexibility index (Phi) is 3.84. The van der Waals surface area contributed by atoms with E-state index < -0.39 is 6.17 Å². The minimum absolute atomic E-state index is 0.0437. The van der Waals surface area contributed by atoms with Crippen molar-refractivity contribution in [1.29, 1.82) is 0 Å². The number of hydrogen-bond donors (Lipinski definition) is 3. The first-order valence-electron chi connectivity index (χ1n) is 8.15. The van der Waals surface area contributed by atoms with Gasteiger partial charge in [0.25, 0.3) is 5.91 Å². The Balaban J connectivity index is 1.74. The molecule has 2 aliphatic rings. The third kappa shape index (κ3) is 2.52. The molecule has 126 valence electrons. The Morgan fingerprint density at radius 2 is 2.12 bits per heavy atom. The Morgan fingerprint density at radius 3 is 2.92 bits per heavy atom. The molecule has 6 heteroatoms. The number of amides is 1. The number of phenols is 1. The highest BCUT2D eigenvalue weighted by atomic mass is 79.9. The number of carbonyl (C=O) groups is 1. The number of phenolic OH excluding ortho intramolecular Hbond substituents is 1. The molecule has 0 saturated heterocycles. The lowest BCUT2D eigenvalue weighted by molar-refractivity contribution is 0.0935. The minimum atomic E-state index is -0.418. The van der Waals surface area contributed by atoms with E-state index in [1.54, 1.807) is 11.3 Å². The van der Waals surface area contributed by atoms with Crippen molar-refractivity contribution in [2.24, 2.45) is 5.92 Å². The highest BCUT2D eigenvalue weighted by Crippen LogP contribution is 2.43. The summed E-state index contributed by atoms with van der Waals surface area (Å²) in [6.07, 6.45) is 2.74. The van der Waals surface area contributed by atoms with E-state index in [-0.39, 0.29) is 11.7 Å². The standard InChI is InChI=1S/C18H19BrN2O2S/c1-8-3-4-11-13(5-8)24-18-14(11)17(23)20-16(21-18)12-7-10(19)6-9(2)15(12)22/h6-8,16,21-22H,3-5H2,1-2H3,(H,20,23)/t8-,16-/m0/s1. The molecule has 1 aliphatic carbocycles. The number of anilines is 1. The summed E-state index contributed by atoms with van der Waals surface area (Å²) >= 11 is 5.16. The van der Waals surface area contributed by atoms with Gasteiger partial charge in [-0.1, -0.05) is 22.9 Å². The fraction of sp³-hybridized carbons (Fsp3) is 0.389. The molecule has 2 heterocycles. The second kappa shape index (κ2) is 5.77. The van der Waals surface area contributed by atoms with E-state index in [0.717, 1.165) is 39.9 Å². The highest BCUT2D eigenvalue weighted by Gasteiger charge is 2.34. The Morgan fingerprint density at radius 1 is 1.33 bits per heavy atom. The predicted octanol–water partition coefficient (Wildman–Crippen LogP) is 4.50. The fourth-order valence-corrected chi connectivity index (χ4v) is 5.63. The van der Waals surface area contributed by atoms with Crippen LogP contribution < -0.4 is 10.6 Å². The summed E-state index contributed by atoms with van der Waals surface area (Å²) in [4.78, 5) is 14.1. The quantitative estimate of drug-likeness (QED) is 0.652. The number of nitrogens with one attached hydrogen (secondary N) is 2. The zero-order valence-corrected chi connectivity index (χ0v) is 16.0. The maximum atomic E-state index is 12.7. The summed E-state index contributed by atoms with van der Waals surface area (Å²) < 4.78 is 0.883. The van der Waals surface area contributed by atoms with Crippen molar-refractivity contribution in [1.82, 2.24) is 5.32 Å². The van der Waals surface area contributed by atoms with Crippen LogP contribution in [0.5, 0.6) is 5.75 Å². The third-order valence-electron chi connectivity index (χ3n) is 4.90. The average Bonchev–Trinajstić information content (AvgIpc) is 2.88. The van der Waals surface area contributed by atoms with Crippen LogP contribution >= 0.6 is 27.3 Å². The molecular formula is C18H19BrN2O2S. The van der Waals surface area contributed by atoms with Crippen LogP contribution in [0.2, 0.25) is 0 Å². The molecule has 24 heavy (non-hydrogen) atoms. The number of aromatic hydroxyl groups is 1. The van der Waals surface area contributed by atoms with Crippen molar-refractivity contribution in [3.63, 3.8) is 0 Å². The van der Waals surface area contributed by atoms with Gasteiger partial charge in [0, 0.05) is 14.9 Å². The van der Waals surface area contributed by atoms with E-state index in [1.165, 1.54) is 10.4 Å². The molecule has 4 nitrogen and oxygen atoms in total. The number of fused-ring (bicyclic) bond motifs is 3. The second-order valence-electron chi connectivity index (χ2n) is 6.77. The predicted molar refractivity (Wildman–Crippen MR) is 99.9 cm³/mol. The van der Waals surface area contributed by atoms with Gasteiger partial charge in [0.2, 0.25) is 0 Å². The molecule has 0 radical (unpaired) electrons. The van der Waals surface area contributed by atoms with Crippen LogP contribution in [-0.2, 0) is 12.8 Å². The van der Waals surface area contributed by atoms with E-state index in [9.17, 15) is 9.90 Å². The van der Waals surface area contributed by atoms with Crippen LogP contribution in [-0.4, -0.2) is 11.0 Å². The molecule has 0 fully saturated rings. The number of carbonyl (C=O) groups excluding carboxylic acids is 1. The Hall–Kier alpha value is -1.53. The first kappa shape index (κ1) is 16.0. The van der Waals surface area contributed by atoms with Crippen molar-refractivity contribution in [3.05, 3.63) is 43.7 Å². The zero-order chi connectivity index (χ0) is 17.0. The fourth-order valence-electron chi connectivity index (χ4n) is 3.60. The number of aryl methyl sites for hydroxylation is 1. The molecule has 4 rings (SSSR count). The number of rotatable bonds is 1. The van der Waals surface area contributed by atoms with Gasteiger partial charge in [0.05, 0.1) is 5.56 Å². The molecule has 3 N–H and O–H groups in total. The van der Waals surface area contributed by atoms with Crippen molar-refractivity contribution < 1.29 is 9.90 Å². The number of thiophene rings is 1. The van der Waals surface area contributed by atoms with Gasteiger partial charge >= 0.3 is 0 Å². The lowest BCUT2D eigenvalue weighted by Gasteiger charge is -2.28. The summed E-state index contributed by atoms with van der Waals surface area (Å²) in [5.74, 6) is 0.848. The van der Waals surface area contributed by atoms with E-state index in [1.807, 2.05) is 19.1 Å². The van der Waals surface area contributed by atoms with E-state index in [2.05, 4.69) is 33.5 Å². The van der Waals surface area contributed by atoms with Crippen molar-refractivity contribution in [2.75, 3.05) is 5.32 Å². The van der Waals surface area contributed by atoms with Gasteiger partial charge in [-0.25, -0.2) is 0 Å². The molecule has 1 aromatic carbocycles. The highest BCUT2D eigenvalue weighted by molar-refractivity contribution is 9.10. The van der Waals surface area contributed by atoms with Gasteiger partial charge in [-0.05, 0) is 55.4 Å². The molecule has 0 bridgehead atoms. The van der Waals surface area contributed by atoms with Gasteiger partial charge in [0.15, 0.2) is 0 Å². The van der Waals surface area contributed by atoms with Crippen molar-refractivity contribution >= 4 is 38.2 Å². The second-order valence-corrected chi connectivity index (χ2v) is 8.79. The lowest BCUT2D eigenvalue weighted by atomic mass is 9.88. The summed E-state index contributed by atoms with van der Waals surface area (Å²) in [5.41, 5.74) is 3.48. The van der Waals surface area contributed by atoms with E-state index in [0.29, 0.717) is 11.5 Å². The number of halogens is 1. The summed E-state index contributed by atoms with van der Waals surface area (Å²) in [7, 11) is 0. The summed E-state index contributed by atoms with van der Waals surface area (Å²) in [6.45, 7) is 4.12. The lowest BCUT2D eigenvalue weighted by Crippen LogP contribution is -2.38. The van der Waals surface area contributed by atoms with Crippen LogP contribution in [0.3, 0.4) is 0 Å².